The predicted molar refractivity (Wildman–Crippen MR) is 162 cm³/mol. The number of anilines is 2. The Morgan fingerprint density at radius 1 is 0.978 bits per heavy atom. The van der Waals surface area contributed by atoms with Crippen molar-refractivity contribution in [1.29, 1.82) is 0 Å². The first-order valence-corrected chi connectivity index (χ1v) is 15.5. The molecule has 1 saturated heterocycles. The number of hydrogen-bond acceptors (Lipinski definition) is 8. The molecule has 46 heavy (non-hydrogen) atoms. The standard InChI is InChI=1S/C31H23F4N3O6S2/c1-2-43-21-12-15(6-11-20(21)44-14-22(39)36-18-5-3-4-16(13-18)31(33,34)35)23-24-26(45-27-25(23)46-30(42)37-27)29(41)38(28(24)40)19-9-7-17(32)8-10-19/h3-13,23-24,26H,2,14H2,1H3,(H,36,39)(H,37,42)/t23-,24?,26?/m1/s1. The maximum absolute atomic E-state index is 13.9. The van der Waals surface area contributed by atoms with E-state index in [1.807, 2.05) is 0 Å². The van der Waals surface area contributed by atoms with Gasteiger partial charge in [0.15, 0.2) is 18.1 Å². The van der Waals surface area contributed by atoms with E-state index in [-0.39, 0.29) is 34.4 Å². The summed E-state index contributed by atoms with van der Waals surface area (Å²) in [6.45, 7) is 1.37. The number of aromatic nitrogens is 1. The highest BCUT2D eigenvalue weighted by molar-refractivity contribution is 8.00. The monoisotopic (exact) mass is 673 g/mol. The summed E-state index contributed by atoms with van der Waals surface area (Å²) < 4.78 is 64.2. The van der Waals surface area contributed by atoms with Gasteiger partial charge in [-0.3, -0.25) is 19.2 Å². The van der Waals surface area contributed by atoms with Crippen LogP contribution in [-0.2, 0) is 20.6 Å². The largest absolute Gasteiger partial charge is 0.490 e. The zero-order valence-electron chi connectivity index (χ0n) is 23.7. The average molecular weight is 674 g/mol. The Hall–Kier alpha value is -4.63. The molecule has 6 rings (SSSR count). The molecule has 3 amide bonds. The number of carbonyl (C=O) groups is 3. The van der Waals surface area contributed by atoms with E-state index in [4.69, 9.17) is 9.47 Å². The topological polar surface area (TPSA) is 118 Å². The minimum absolute atomic E-state index is 0.0553. The van der Waals surface area contributed by atoms with E-state index in [9.17, 15) is 36.7 Å². The summed E-state index contributed by atoms with van der Waals surface area (Å²) in [5.41, 5.74) is -0.204. The molecular formula is C31H23F4N3O6S2. The van der Waals surface area contributed by atoms with E-state index in [2.05, 4.69) is 10.3 Å². The summed E-state index contributed by atoms with van der Waals surface area (Å²) in [6, 6.07) is 14.0. The van der Waals surface area contributed by atoms with Gasteiger partial charge < -0.3 is 19.8 Å². The third-order valence-electron chi connectivity index (χ3n) is 7.37. The number of H-pyrrole nitrogens is 1. The molecule has 3 aromatic carbocycles. The first-order valence-electron chi connectivity index (χ1n) is 13.8. The lowest BCUT2D eigenvalue weighted by Gasteiger charge is -2.30. The smallest absolute Gasteiger partial charge is 0.416 e. The Bertz CT molecular complexity index is 1890. The number of thioether (sulfide) groups is 1. The van der Waals surface area contributed by atoms with Gasteiger partial charge in [-0.25, -0.2) is 9.29 Å². The summed E-state index contributed by atoms with van der Waals surface area (Å²) >= 11 is 2.02. The van der Waals surface area contributed by atoms with Gasteiger partial charge in [-0.2, -0.15) is 13.2 Å². The number of thiazole rings is 1. The maximum atomic E-state index is 13.9. The maximum Gasteiger partial charge on any atom is 0.416 e. The van der Waals surface area contributed by atoms with Crippen LogP contribution in [0, 0.1) is 11.7 Å². The van der Waals surface area contributed by atoms with Crippen molar-refractivity contribution in [1.82, 2.24) is 4.98 Å². The molecule has 0 bridgehead atoms. The molecule has 2 N–H and O–H groups in total. The minimum Gasteiger partial charge on any atom is -0.490 e. The van der Waals surface area contributed by atoms with Gasteiger partial charge in [0.1, 0.15) is 11.1 Å². The van der Waals surface area contributed by atoms with Gasteiger partial charge in [0.2, 0.25) is 11.8 Å². The molecule has 0 radical (unpaired) electrons. The SMILES string of the molecule is CCOc1cc([C@H]2c3sc(=O)[nH]c3SC3C(=O)N(c4ccc(F)cc4)C(=O)C32)ccc1OCC(=O)Nc1cccc(C(F)(F)F)c1. The highest BCUT2D eigenvalue weighted by Crippen LogP contribution is 2.53. The van der Waals surface area contributed by atoms with Crippen LogP contribution in [0.3, 0.4) is 0 Å². The van der Waals surface area contributed by atoms with Crippen LogP contribution in [0.2, 0.25) is 0 Å². The number of halogens is 4. The van der Waals surface area contributed by atoms with Crippen LogP contribution in [-0.4, -0.2) is 41.2 Å². The number of imide groups is 1. The number of aromatic amines is 1. The second-order valence-corrected chi connectivity index (χ2v) is 12.5. The van der Waals surface area contributed by atoms with Gasteiger partial charge in [-0.1, -0.05) is 35.2 Å². The minimum atomic E-state index is -4.57. The Labute approximate surface area is 266 Å². The molecule has 0 saturated carbocycles. The number of carbonyl (C=O) groups excluding carboxylic acids is 3. The van der Waals surface area contributed by atoms with E-state index in [1.165, 1.54) is 30.3 Å². The second kappa shape index (κ2) is 12.3. The van der Waals surface area contributed by atoms with Crippen molar-refractivity contribution in [2.45, 2.75) is 29.3 Å². The second-order valence-electron chi connectivity index (χ2n) is 10.3. The van der Waals surface area contributed by atoms with Crippen molar-refractivity contribution in [3.05, 3.63) is 98.2 Å². The molecule has 4 aromatic rings. The van der Waals surface area contributed by atoms with Crippen LogP contribution in [0.25, 0.3) is 0 Å². The van der Waals surface area contributed by atoms with Crippen LogP contribution in [0.4, 0.5) is 28.9 Å². The van der Waals surface area contributed by atoms with Crippen molar-refractivity contribution >= 4 is 52.2 Å². The van der Waals surface area contributed by atoms with E-state index in [1.54, 1.807) is 19.1 Å². The summed E-state index contributed by atoms with van der Waals surface area (Å²) in [5, 5.41) is 1.97. The van der Waals surface area contributed by atoms with Crippen LogP contribution in [0.5, 0.6) is 11.5 Å². The lowest BCUT2D eigenvalue weighted by Crippen LogP contribution is -2.32. The van der Waals surface area contributed by atoms with Crippen LogP contribution in [0.1, 0.15) is 28.8 Å². The molecular weight excluding hydrogens is 650 g/mol. The van der Waals surface area contributed by atoms with E-state index < -0.39 is 59.0 Å². The molecule has 0 aliphatic carbocycles. The van der Waals surface area contributed by atoms with Gasteiger partial charge in [0.05, 0.1) is 28.8 Å². The summed E-state index contributed by atoms with van der Waals surface area (Å²) in [5.74, 6) is -3.51. The van der Waals surface area contributed by atoms with Crippen molar-refractivity contribution in [3.63, 3.8) is 0 Å². The Balaban J connectivity index is 1.28. The number of fused-ring (bicyclic) bond motifs is 2. The highest BCUT2D eigenvalue weighted by Gasteiger charge is 2.56. The Morgan fingerprint density at radius 3 is 2.46 bits per heavy atom. The number of hydrogen-bond donors (Lipinski definition) is 2. The fourth-order valence-electron chi connectivity index (χ4n) is 5.44. The quantitative estimate of drug-likeness (QED) is 0.179. The first kappa shape index (κ1) is 31.4. The molecule has 3 heterocycles. The Kier molecular flexibility index (Phi) is 8.37. The molecule has 1 aromatic heterocycles. The average Bonchev–Trinajstić information content (AvgIpc) is 3.50. The fraction of sp³-hybridized carbons (Fsp3) is 0.226. The molecule has 3 atom stereocenters. The molecule has 2 unspecified atom stereocenters. The number of alkyl halides is 3. The van der Waals surface area contributed by atoms with Crippen molar-refractivity contribution < 1.29 is 41.4 Å². The number of rotatable bonds is 8. The molecule has 2 aliphatic rings. The number of nitrogens with zero attached hydrogens (tertiary/aromatic N) is 1. The van der Waals surface area contributed by atoms with E-state index >= 15 is 0 Å². The van der Waals surface area contributed by atoms with E-state index in [0.717, 1.165) is 52.3 Å². The van der Waals surface area contributed by atoms with Gasteiger partial charge >= 0.3 is 11.0 Å². The lowest BCUT2D eigenvalue weighted by molar-refractivity contribution is -0.137. The first-order chi connectivity index (χ1) is 21.9. The van der Waals surface area contributed by atoms with Gasteiger partial charge in [-0.05, 0) is 67.1 Å². The normalized spacial score (nSPS) is 19.1. The molecule has 2 aliphatic heterocycles. The van der Waals surface area contributed by atoms with Crippen LogP contribution in [0.15, 0.2) is 76.6 Å². The number of amides is 3. The summed E-state index contributed by atoms with van der Waals surface area (Å²) in [4.78, 5) is 56.4. The molecule has 238 valence electrons. The zero-order chi connectivity index (χ0) is 32.7. The molecule has 15 heteroatoms. The molecule has 9 nitrogen and oxygen atoms in total. The highest BCUT2D eigenvalue weighted by atomic mass is 32.2. The van der Waals surface area contributed by atoms with Crippen LogP contribution < -0.4 is 24.6 Å². The Morgan fingerprint density at radius 2 is 1.74 bits per heavy atom. The molecule has 1 fully saturated rings. The predicted octanol–water partition coefficient (Wildman–Crippen LogP) is 5.81. The van der Waals surface area contributed by atoms with E-state index in [0.29, 0.717) is 15.5 Å². The van der Waals surface area contributed by atoms with Crippen molar-refractivity contribution in [3.8, 4) is 11.5 Å². The summed E-state index contributed by atoms with van der Waals surface area (Å²) in [7, 11) is 0. The third kappa shape index (κ3) is 5.99. The van der Waals surface area contributed by atoms with Gasteiger partial charge in [0.25, 0.3) is 5.91 Å². The molecule has 0 spiro atoms. The van der Waals surface area contributed by atoms with Gasteiger partial charge in [-0.15, -0.1) is 0 Å². The number of ether oxygens (including phenoxy) is 2. The zero-order valence-corrected chi connectivity index (χ0v) is 25.4. The van der Waals surface area contributed by atoms with Gasteiger partial charge in [0, 0.05) is 16.5 Å². The number of nitrogens with one attached hydrogen (secondary N) is 2. The third-order valence-corrected chi connectivity index (χ3v) is 9.77. The van der Waals surface area contributed by atoms with Crippen LogP contribution >= 0.6 is 23.1 Å². The lowest BCUT2D eigenvalue weighted by atomic mass is 9.83. The van der Waals surface area contributed by atoms with Crippen molar-refractivity contribution in [2.75, 3.05) is 23.4 Å². The fourth-order valence-corrected chi connectivity index (χ4v) is 7.96. The van der Waals surface area contributed by atoms with Crippen molar-refractivity contribution in [2.24, 2.45) is 5.92 Å². The number of benzene rings is 3. The summed E-state index contributed by atoms with van der Waals surface area (Å²) in [6.07, 6.45) is -4.57.